The number of carbonyl (C=O) groups is 2. The summed E-state index contributed by atoms with van der Waals surface area (Å²) < 4.78 is 27.4. The molecule has 0 saturated carbocycles. The van der Waals surface area contributed by atoms with Crippen LogP contribution in [-0.2, 0) is 45.5 Å². The Bertz CT molecular complexity index is 1610. The van der Waals surface area contributed by atoms with Crippen molar-refractivity contribution < 1.29 is 18.0 Å². The van der Waals surface area contributed by atoms with Gasteiger partial charge in [0.1, 0.15) is 6.04 Å². The molecule has 228 valence electrons. The van der Waals surface area contributed by atoms with E-state index in [1.54, 1.807) is 29.2 Å². The molecule has 1 aliphatic rings. The van der Waals surface area contributed by atoms with Crippen molar-refractivity contribution in [3.63, 3.8) is 0 Å². The Kier molecular flexibility index (Phi) is 10.6. The van der Waals surface area contributed by atoms with Crippen LogP contribution in [0.15, 0.2) is 120 Å². The average molecular weight is 610 g/mol. The fourth-order valence-electron chi connectivity index (χ4n) is 5.54. The number of carbonyl (C=O) groups excluding carboxylic acids is 2. The third-order valence-electron chi connectivity index (χ3n) is 8.03. The Morgan fingerprint density at radius 2 is 1.25 bits per heavy atom. The standard InChI is InChI=1S/C36H39N3O4S/c40-35(23-20-29-18-21-33(22-19-29)44(42,43)38-24-10-11-25-38)39(28-32-16-8-3-9-17-32)34(26-30-12-4-1-5-13-30)36(41)37-27-31-14-6-2-7-15-31/h1-9,12-19,21-22,34H,10-11,20,23-28H2,(H,37,41)/t34-/m0/s1. The van der Waals surface area contributed by atoms with Crippen LogP contribution in [0.25, 0.3) is 0 Å². The van der Waals surface area contributed by atoms with Crippen LogP contribution >= 0.6 is 0 Å². The molecular formula is C36H39N3O4S. The van der Waals surface area contributed by atoms with Crippen molar-refractivity contribution in [2.45, 2.75) is 56.1 Å². The summed E-state index contributed by atoms with van der Waals surface area (Å²) in [5, 5.41) is 3.06. The molecule has 0 unspecified atom stereocenters. The van der Waals surface area contributed by atoms with Crippen molar-refractivity contribution in [2.75, 3.05) is 13.1 Å². The first-order valence-electron chi connectivity index (χ1n) is 15.2. The minimum atomic E-state index is -3.50. The number of hydrogen-bond acceptors (Lipinski definition) is 4. The van der Waals surface area contributed by atoms with Crippen LogP contribution < -0.4 is 5.32 Å². The highest BCUT2D eigenvalue weighted by Gasteiger charge is 2.30. The molecule has 2 amide bonds. The molecule has 44 heavy (non-hydrogen) atoms. The number of sulfonamides is 1. The van der Waals surface area contributed by atoms with Crippen molar-refractivity contribution in [1.82, 2.24) is 14.5 Å². The zero-order chi connectivity index (χ0) is 30.8. The summed E-state index contributed by atoms with van der Waals surface area (Å²) >= 11 is 0. The van der Waals surface area contributed by atoms with E-state index >= 15 is 0 Å². The second-order valence-electron chi connectivity index (χ2n) is 11.2. The number of aryl methyl sites for hydroxylation is 1. The number of nitrogens with zero attached hydrogens (tertiary/aromatic N) is 2. The Morgan fingerprint density at radius 1 is 0.705 bits per heavy atom. The van der Waals surface area contributed by atoms with Crippen molar-refractivity contribution in [2.24, 2.45) is 0 Å². The van der Waals surface area contributed by atoms with Gasteiger partial charge in [-0.25, -0.2) is 8.42 Å². The fourth-order valence-corrected chi connectivity index (χ4v) is 7.05. The Hall–Kier alpha value is -4.27. The molecule has 4 aromatic rings. The SMILES string of the molecule is O=C(NCc1ccccc1)[C@H](Cc1ccccc1)N(Cc1ccccc1)C(=O)CCc1ccc(S(=O)(=O)N2CCCC2)cc1. The Balaban J connectivity index is 1.35. The molecule has 1 heterocycles. The largest absolute Gasteiger partial charge is 0.350 e. The molecule has 1 saturated heterocycles. The van der Waals surface area contributed by atoms with Gasteiger partial charge in [-0.2, -0.15) is 4.31 Å². The van der Waals surface area contributed by atoms with E-state index in [-0.39, 0.29) is 23.1 Å². The fraction of sp³-hybridized carbons (Fsp3) is 0.278. The van der Waals surface area contributed by atoms with Gasteiger partial charge in [0.05, 0.1) is 4.90 Å². The van der Waals surface area contributed by atoms with Gasteiger partial charge in [0.2, 0.25) is 21.8 Å². The smallest absolute Gasteiger partial charge is 0.243 e. The highest BCUT2D eigenvalue weighted by Crippen LogP contribution is 2.22. The van der Waals surface area contributed by atoms with Crippen LogP contribution in [0.4, 0.5) is 0 Å². The summed E-state index contributed by atoms with van der Waals surface area (Å²) in [6.45, 7) is 1.77. The van der Waals surface area contributed by atoms with E-state index in [0.29, 0.717) is 39.0 Å². The molecule has 1 aliphatic heterocycles. The normalized spacial score (nSPS) is 14.2. The van der Waals surface area contributed by atoms with Gasteiger partial charge in [-0.3, -0.25) is 9.59 Å². The molecule has 1 atom stereocenters. The first-order valence-corrected chi connectivity index (χ1v) is 16.6. The predicted octanol–water partition coefficient (Wildman–Crippen LogP) is 5.36. The molecule has 0 bridgehead atoms. The molecule has 5 rings (SSSR count). The monoisotopic (exact) mass is 609 g/mol. The summed E-state index contributed by atoms with van der Waals surface area (Å²) in [6, 6.07) is 35.3. The molecular weight excluding hydrogens is 570 g/mol. The zero-order valence-electron chi connectivity index (χ0n) is 24.8. The molecule has 1 N–H and O–H groups in total. The van der Waals surface area contributed by atoms with Gasteiger partial charge >= 0.3 is 0 Å². The zero-order valence-corrected chi connectivity index (χ0v) is 25.7. The summed E-state index contributed by atoms with van der Waals surface area (Å²) in [7, 11) is -3.50. The highest BCUT2D eigenvalue weighted by molar-refractivity contribution is 7.89. The van der Waals surface area contributed by atoms with Gasteiger partial charge in [-0.15, -0.1) is 0 Å². The van der Waals surface area contributed by atoms with Gasteiger partial charge in [0.25, 0.3) is 0 Å². The van der Waals surface area contributed by atoms with E-state index in [4.69, 9.17) is 0 Å². The summed E-state index contributed by atoms with van der Waals surface area (Å²) in [6.07, 6.45) is 2.76. The number of hydrogen-bond donors (Lipinski definition) is 1. The summed E-state index contributed by atoms with van der Waals surface area (Å²) in [4.78, 5) is 29.7. The average Bonchev–Trinajstić information content (AvgIpc) is 3.62. The summed E-state index contributed by atoms with van der Waals surface area (Å²) in [5.41, 5.74) is 3.75. The van der Waals surface area contributed by atoms with E-state index in [0.717, 1.165) is 35.1 Å². The molecule has 8 heteroatoms. The van der Waals surface area contributed by atoms with E-state index in [9.17, 15) is 18.0 Å². The quantitative estimate of drug-likeness (QED) is 0.221. The van der Waals surface area contributed by atoms with Crippen molar-refractivity contribution in [1.29, 1.82) is 0 Å². The molecule has 1 fully saturated rings. The maximum Gasteiger partial charge on any atom is 0.243 e. The van der Waals surface area contributed by atoms with Crippen LogP contribution in [0.5, 0.6) is 0 Å². The Morgan fingerprint density at radius 3 is 1.84 bits per heavy atom. The predicted molar refractivity (Wildman–Crippen MR) is 172 cm³/mol. The number of rotatable bonds is 13. The first kappa shape index (κ1) is 31.2. The van der Waals surface area contributed by atoms with E-state index in [1.807, 2.05) is 91.0 Å². The van der Waals surface area contributed by atoms with Crippen LogP contribution in [-0.4, -0.2) is 48.6 Å². The number of benzene rings is 4. The maximum absolute atomic E-state index is 14.0. The highest BCUT2D eigenvalue weighted by atomic mass is 32.2. The first-order chi connectivity index (χ1) is 21.4. The lowest BCUT2D eigenvalue weighted by Crippen LogP contribution is -2.50. The second kappa shape index (κ2) is 14.9. The van der Waals surface area contributed by atoms with E-state index in [2.05, 4.69) is 5.32 Å². The molecule has 0 radical (unpaired) electrons. The minimum Gasteiger partial charge on any atom is -0.350 e. The number of nitrogens with one attached hydrogen (secondary N) is 1. The maximum atomic E-state index is 14.0. The van der Waals surface area contributed by atoms with Crippen LogP contribution in [0.3, 0.4) is 0 Å². The molecule has 7 nitrogen and oxygen atoms in total. The van der Waals surface area contributed by atoms with Gasteiger partial charge in [0.15, 0.2) is 0 Å². The van der Waals surface area contributed by atoms with Crippen molar-refractivity contribution in [3.05, 3.63) is 138 Å². The van der Waals surface area contributed by atoms with Gasteiger partial charge in [0, 0.05) is 39.0 Å². The topological polar surface area (TPSA) is 86.8 Å². The van der Waals surface area contributed by atoms with Gasteiger partial charge in [-0.05, 0) is 53.6 Å². The molecule has 0 aromatic heterocycles. The molecule has 0 aliphatic carbocycles. The Labute approximate surface area is 260 Å². The lowest BCUT2D eigenvalue weighted by Gasteiger charge is -2.31. The van der Waals surface area contributed by atoms with E-state index in [1.165, 1.54) is 4.31 Å². The lowest BCUT2D eigenvalue weighted by atomic mass is 10.0. The third-order valence-corrected chi connectivity index (χ3v) is 9.94. The van der Waals surface area contributed by atoms with Crippen LogP contribution in [0.1, 0.15) is 41.5 Å². The van der Waals surface area contributed by atoms with Crippen LogP contribution in [0.2, 0.25) is 0 Å². The van der Waals surface area contributed by atoms with Crippen LogP contribution in [0, 0.1) is 0 Å². The molecule has 0 spiro atoms. The third kappa shape index (κ3) is 8.21. The van der Waals surface area contributed by atoms with Gasteiger partial charge in [-0.1, -0.05) is 103 Å². The minimum absolute atomic E-state index is 0.140. The number of amides is 2. The second-order valence-corrected chi connectivity index (χ2v) is 13.1. The van der Waals surface area contributed by atoms with Gasteiger partial charge < -0.3 is 10.2 Å². The van der Waals surface area contributed by atoms with Crippen molar-refractivity contribution >= 4 is 21.8 Å². The summed E-state index contributed by atoms with van der Waals surface area (Å²) in [5.74, 6) is -0.350. The lowest BCUT2D eigenvalue weighted by molar-refractivity contribution is -0.141. The van der Waals surface area contributed by atoms with Crippen molar-refractivity contribution in [3.8, 4) is 0 Å². The van der Waals surface area contributed by atoms with E-state index < -0.39 is 16.1 Å². The molecule has 4 aromatic carbocycles.